The van der Waals surface area contributed by atoms with E-state index in [1.807, 2.05) is 0 Å². The third-order valence-corrected chi connectivity index (χ3v) is 6.05. The number of alkyl halides is 3. The Kier molecular flexibility index (Phi) is 5.27. The summed E-state index contributed by atoms with van der Waals surface area (Å²) in [5.74, 6) is -1.49. The van der Waals surface area contributed by atoms with Crippen molar-refractivity contribution in [1.82, 2.24) is 0 Å². The number of hydrogen-bond donors (Lipinski definition) is 1. The minimum absolute atomic E-state index is 0.0150. The summed E-state index contributed by atoms with van der Waals surface area (Å²) in [6.45, 7) is 1.80. The molecule has 0 aliphatic carbocycles. The van der Waals surface area contributed by atoms with Gasteiger partial charge in [0, 0.05) is 11.3 Å². The van der Waals surface area contributed by atoms with Crippen LogP contribution in [0, 0.1) is 6.92 Å². The van der Waals surface area contributed by atoms with Gasteiger partial charge in [0.2, 0.25) is 6.79 Å². The topological polar surface area (TPSA) is 76.1 Å². The summed E-state index contributed by atoms with van der Waals surface area (Å²) in [4.78, 5) is 27.5. The number of carbonyl (C=O) groups excluding carboxylic acids is 2. The summed E-state index contributed by atoms with van der Waals surface area (Å²) in [6.07, 6.45) is -4.55. The molecule has 1 amide bonds. The van der Waals surface area contributed by atoms with Gasteiger partial charge in [-0.1, -0.05) is 24.3 Å². The lowest BCUT2D eigenvalue weighted by molar-refractivity contribution is -0.137. The molecule has 35 heavy (non-hydrogen) atoms. The van der Waals surface area contributed by atoms with E-state index in [0.29, 0.717) is 17.1 Å². The van der Waals surface area contributed by atoms with Gasteiger partial charge in [-0.3, -0.25) is 14.5 Å². The van der Waals surface area contributed by atoms with Crippen LogP contribution in [0.3, 0.4) is 0 Å². The largest absolute Gasteiger partial charge is 0.507 e. The number of rotatable bonds is 3. The number of aryl methyl sites for hydroxylation is 1. The number of carbonyl (C=O) groups is 2. The van der Waals surface area contributed by atoms with Crippen LogP contribution in [-0.2, 0) is 15.8 Å². The van der Waals surface area contributed by atoms with Crippen molar-refractivity contribution >= 4 is 23.1 Å². The van der Waals surface area contributed by atoms with Gasteiger partial charge < -0.3 is 14.6 Å². The lowest BCUT2D eigenvalue weighted by Crippen LogP contribution is -2.29. The zero-order valence-electron chi connectivity index (χ0n) is 18.3. The van der Waals surface area contributed by atoms with Crippen LogP contribution in [0.1, 0.15) is 28.3 Å². The summed E-state index contributed by atoms with van der Waals surface area (Å²) in [5.41, 5.74) is 0.548. The minimum atomic E-state index is -4.55. The number of ketones is 1. The minimum Gasteiger partial charge on any atom is -0.507 e. The molecule has 1 N–H and O–H groups in total. The van der Waals surface area contributed by atoms with Gasteiger partial charge in [-0.25, -0.2) is 0 Å². The quantitative estimate of drug-likeness (QED) is 0.309. The average Bonchev–Trinajstić information content (AvgIpc) is 3.40. The molecule has 0 spiro atoms. The lowest BCUT2D eigenvalue weighted by Gasteiger charge is -2.27. The van der Waals surface area contributed by atoms with Gasteiger partial charge in [0.15, 0.2) is 11.5 Å². The third-order valence-electron chi connectivity index (χ3n) is 6.05. The van der Waals surface area contributed by atoms with Crippen LogP contribution in [0.4, 0.5) is 18.9 Å². The lowest BCUT2D eigenvalue weighted by atomic mass is 9.92. The fraction of sp³-hybridized carbons (Fsp3) is 0.154. The van der Waals surface area contributed by atoms with Crippen LogP contribution < -0.4 is 14.4 Å². The number of ether oxygens (including phenoxy) is 2. The van der Waals surface area contributed by atoms with Gasteiger partial charge in [-0.15, -0.1) is 0 Å². The molecule has 3 aromatic carbocycles. The monoisotopic (exact) mass is 481 g/mol. The molecule has 1 fully saturated rings. The Labute approximate surface area is 197 Å². The standard InChI is InChI=1S/C26H18F3NO5/c1-14-4-2-3-5-18(14)22-21(23(31)15-6-11-19-20(12-15)35-13-34-19)24(32)25(33)30(22)17-9-7-16(8-10-17)26(27,28)29/h2-12,22,31H,13H2,1H3/b23-21+. The number of halogens is 3. The van der Waals surface area contributed by atoms with Crippen LogP contribution >= 0.6 is 0 Å². The Morgan fingerprint density at radius 2 is 1.66 bits per heavy atom. The second-order valence-electron chi connectivity index (χ2n) is 8.14. The molecule has 0 aromatic heterocycles. The van der Waals surface area contributed by atoms with E-state index in [2.05, 4.69) is 0 Å². The van der Waals surface area contributed by atoms with E-state index in [1.165, 1.54) is 12.1 Å². The first-order chi connectivity index (χ1) is 16.7. The van der Waals surface area contributed by atoms with E-state index in [9.17, 15) is 27.9 Å². The number of anilines is 1. The van der Waals surface area contributed by atoms with Crippen molar-refractivity contribution in [2.45, 2.75) is 19.1 Å². The van der Waals surface area contributed by atoms with E-state index in [0.717, 1.165) is 34.7 Å². The molecule has 2 aliphatic heterocycles. The van der Waals surface area contributed by atoms with Gasteiger partial charge in [0.25, 0.3) is 11.7 Å². The highest BCUT2D eigenvalue weighted by Crippen LogP contribution is 2.44. The van der Waals surface area contributed by atoms with Crippen molar-refractivity contribution < 1.29 is 37.3 Å². The molecular weight excluding hydrogens is 463 g/mol. The average molecular weight is 481 g/mol. The number of hydrogen-bond acceptors (Lipinski definition) is 5. The predicted molar refractivity (Wildman–Crippen MR) is 120 cm³/mol. The molecular formula is C26H18F3NO5. The van der Waals surface area contributed by atoms with Crippen molar-refractivity contribution in [1.29, 1.82) is 0 Å². The molecule has 1 saturated heterocycles. The number of benzene rings is 3. The Morgan fingerprint density at radius 3 is 2.34 bits per heavy atom. The maximum atomic E-state index is 13.2. The van der Waals surface area contributed by atoms with Crippen LogP contribution in [0.15, 0.2) is 72.3 Å². The van der Waals surface area contributed by atoms with Crippen LogP contribution in [-0.4, -0.2) is 23.6 Å². The zero-order valence-corrected chi connectivity index (χ0v) is 18.3. The Bertz CT molecular complexity index is 1380. The Hall–Kier alpha value is -4.27. The number of aliphatic hydroxyl groups is 1. The first-order valence-corrected chi connectivity index (χ1v) is 10.6. The van der Waals surface area contributed by atoms with Crippen molar-refractivity contribution in [2.24, 2.45) is 0 Å². The molecule has 0 bridgehead atoms. The molecule has 5 rings (SSSR count). The number of aliphatic hydroxyl groups excluding tert-OH is 1. The van der Waals surface area contributed by atoms with Crippen molar-refractivity contribution in [3.05, 3.63) is 94.6 Å². The highest BCUT2D eigenvalue weighted by atomic mass is 19.4. The molecule has 1 atom stereocenters. The number of nitrogens with zero attached hydrogens (tertiary/aromatic N) is 1. The molecule has 1 unspecified atom stereocenters. The van der Waals surface area contributed by atoms with Gasteiger partial charge in [-0.2, -0.15) is 13.2 Å². The van der Waals surface area contributed by atoms with Crippen LogP contribution in [0.25, 0.3) is 5.76 Å². The Morgan fingerprint density at radius 1 is 0.971 bits per heavy atom. The summed E-state index contributed by atoms with van der Waals surface area (Å²) in [6, 6.07) is 14.5. The predicted octanol–water partition coefficient (Wildman–Crippen LogP) is 5.37. The summed E-state index contributed by atoms with van der Waals surface area (Å²) in [7, 11) is 0. The molecule has 3 aromatic rings. The van der Waals surface area contributed by atoms with E-state index in [1.54, 1.807) is 37.3 Å². The van der Waals surface area contributed by atoms with Crippen LogP contribution in [0.2, 0.25) is 0 Å². The highest BCUT2D eigenvalue weighted by molar-refractivity contribution is 6.51. The SMILES string of the molecule is Cc1ccccc1C1/C(=C(\O)c2ccc3c(c2)OCO3)C(=O)C(=O)N1c1ccc(C(F)(F)F)cc1. The van der Waals surface area contributed by atoms with E-state index in [-0.39, 0.29) is 23.6 Å². The molecule has 6 nitrogen and oxygen atoms in total. The van der Waals surface area contributed by atoms with Gasteiger partial charge in [0.1, 0.15) is 5.76 Å². The smallest absolute Gasteiger partial charge is 0.416 e. The summed E-state index contributed by atoms with van der Waals surface area (Å²) >= 11 is 0. The molecule has 9 heteroatoms. The zero-order chi connectivity index (χ0) is 24.9. The van der Waals surface area contributed by atoms with E-state index < -0.39 is 35.2 Å². The van der Waals surface area contributed by atoms with Gasteiger partial charge in [-0.05, 0) is 60.5 Å². The van der Waals surface area contributed by atoms with Crippen LogP contribution in [0.5, 0.6) is 11.5 Å². The molecule has 0 saturated carbocycles. The first kappa shape index (κ1) is 22.5. The van der Waals surface area contributed by atoms with Gasteiger partial charge >= 0.3 is 6.18 Å². The van der Waals surface area contributed by atoms with Crippen molar-refractivity contribution in [2.75, 3.05) is 11.7 Å². The van der Waals surface area contributed by atoms with Crippen molar-refractivity contribution in [3.8, 4) is 11.5 Å². The molecule has 0 radical (unpaired) electrons. The fourth-order valence-electron chi connectivity index (χ4n) is 4.30. The molecule has 2 aliphatic rings. The maximum Gasteiger partial charge on any atom is 0.416 e. The third kappa shape index (κ3) is 3.78. The molecule has 2 heterocycles. The van der Waals surface area contributed by atoms with Crippen molar-refractivity contribution in [3.63, 3.8) is 0 Å². The first-order valence-electron chi connectivity index (χ1n) is 10.6. The summed E-state index contributed by atoms with van der Waals surface area (Å²) in [5, 5.41) is 11.2. The number of amides is 1. The molecule has 178 valence electrons. The Balaban J connectivity index is 1.68. The fourth-order valence-corrected chi connectivity index (χ4v) is 4.30. The van der Waals surface area contributed by atoms with Gasteiger partial charge in [0.05, 0.1) is 17.2 Å². The number of Topliss-reactive ketones (excluding diaryl/α,β-unsaturated/α-hetero) is 1. The number of fused-ring (bicyclic) bond motifs is 1. The summed E-state index contributed by atoms with van der Waals surface area (Å²) < 4.78 is 49.9. The second-order valence-corrected chi connectivity index (χ2v) is 8.14. The maximum absolute atomic E-state index is 13.2. The highest BCUT2D eigenvalue weighted by Gasteiger charge is 2.47. The van der Waals surface area contributed by atoms with E-state index in [4.69, 9.17) is 9.47 Å². The second kappa shape index (κ2) is 8.19. The van der Waals surface area contributed by atoms with E-state index >= 15 is 0 Å². The normalized spacial score (nSPS) is 18.9.